The summed E-state index contributed by atoms with van der Waals surface area (Å²) in [7, 11) is 0. The second kappa shape index (κ2) is 10.4. The van der Waals surface area contributed by atoms with Gasteiger partial charge in [-0.2, -0.15) is 0 Å². The van der Waals surface area contributed by atoms with Crippen molar-refractivity contribution in [2.75, 3.05) is 0 Å². The van der Waals surface area contributed by atoms with E-state index in [1.54, 1.807) is 30.4 Å². The van der Waals surface area contributed by atoms with Gasteiger partial charge in [0.25, 0.3) is 0 Å². The van der Waals surface area contributed by atoms with Crippen LogP contribution < -0.4 is 10.1 Å². The number of benzene rings is 2. The summed E-state index contributed by atoms with van der Waals surface area (Å²) in [4.78, 5) is 18.1. The number of carbonyl (C=O) groups is 1. The number of nitrogens with two attached hydrogens (primary N) is 1. The summed E-state index contributed by atoms with van der Waals surface area (Å²) in [6.07, 6.45) is 3.34. The number of carbonyl (C=O) groups excluding carboxylic acids is 1. The van der Waals surface area contributed by atoms with Crippen molar-refractivity contribution in [1.29, 1.82) is 0 Å². The van der Waals surface area contributed by atoms with Crippen molar-refractivity contribution in [1.82, 2.24) is 0 Å². The zero-order valence-electron chi connectivity index (χ0n) is 21.0. The second-order valence-corrected chi connectivity index (χ2v) is 13.7. The predicted octanol–water partition coefficient (Wildman–Crippen LogP) is 5.36. The Hall–Kier alpha value is -2.82. The van der Waals surface area contributed by atoms with Gasteiger partial charge in [0.05, 0.1) is 0 Å². The first kappa shape index (κ1) is 26.8. The van der Waals surface area contributed by atoms with E-state index in [2.05, 4.69) is 46.5 Å². The molecule has 5 nitrogen and oxygen atoms in total. The number of aliphatic imine (C=N–C) groups is 1. The van der Waals surface area contributed by atoms with E-state index >= 15 is 0 Å². The number of amidine groups is 1. The van der Waals surface area contributed by atoms with Crippen molar-refractivity contribution in [3.8, 4) is 11.5 Å². The van der Waals surface area contributed by atoms with Crippen molar-refractivity contribution >= 4 is 53.6 Å². The second-order valence-electron chi connectivity index (χ2n) is 10.4. The van der Waals surface area contributed by atoms with Gasteiger partial charge < -0.3 is 0 Å². The first-order valence-corrected chi connectivity index (χ1v) is 14.0. The Balaban J connectivity index is 1.85. The normalized spacial score (nSPS) is 13.3. The van der Waals surface area contributed by atoms with E-state index in [1.807, 2.05) is 29.6 Å². The molecule has 0 bridgehead atoms. The van der Waals surface area contributed by atoms with E-state index in [0.29, 0.717) is 21.6 Å². The molecule has 4 N–H and O–H groups in total. The summed E-state index contributed by atoms with van der Waals surface area (Å²) in [5.41, 5.74) is 8.73. The molecular formula is C28H32AsN2O3S. The third-order valence-electron chi connectivity index (χ3n) is 5.38. The molecular weight excluding hydrogens is 519 g/mol. The van der Waals surface area contributed by atoms with E-state index in [4.69, 9.17) is 5.73 Å². The van der Waals surface area contributed by atoms with Crippen LogP contribution in [0.4, 0.5) is 5.69 Å². The van der Waals surface area contributed by atoms with Crippen molar-refractivity contribution in [3.05, 3.63) is 75.5 Å². The molecule has 0 amide bonds. The van der Waals surface area contributed by atoms with E-state index < -0.39 is 15.8 Å². The fourth-order valence-electron chi connectivity index (χ4n) is 3.51. The zero-order valence-corrected chi connectivity index (χ0v) is 23.6. The average Bonchev–Trinajstić information content (AvgIpc) is 3.29. The average molecular weight is 552 g/mol. The molecule has 0 aliphatic rings. The Morgan fingerprint density at radius 3 is 2.17 bits per heavy atom. The third kappa shape index (κ3) is 6.87. The molecule has 3 rings (SSSR count). The predicted molar refractivity (Wildman–Crippen MR) is 148 cm³/mol. The maximum absolute atomic E-state index is 12.8. The van der Waals surface area contributed by atoms with Crippen LogP contribution in [0.2, 0.25) is 0 Å². The molecule has 0 saturated heterocycles. The monoisotopic (exact) mass is 551 g/mol. The molecule has 0 atom stereocenters. The van der Waals surface area contributed by atoms with Crippen molar-refractivity contribution in [3.63, 3.8) is 0 Å². The molecule has 35 heavy (non-hydrogen) atoms. The van der Waals surface area contributed by atoms with Crippen molar-refractivity contribution < 1.29 is 15.0 Å². The number of hydrogen-bond donors (Lipinski definition) is 3. The molecule has 1 heterocycles. The summed E-state index contributed by atoms with van der Waals surface area (Å²) < 4.78 is 0.513. The Morgan fingerprint density at radius 2 is 1.63 bits per heavy atom. The molecule has 0 unspecified atom stereocenters. The molecule has 1 radical (unpaired) electrons. The van der Waals surface area contributed by atoms with Crippen LogP contribution in [0.25, 0.3) is 6.08 Å². The van der Waals surface area contributed by atoms with Gasteiger partial charge in [0.1, 0.15) is 0 Å². The molecule has 0 aliphatic carbocycles. The number of hydrogen-bond acceptors (Lipinski definition) is 5. The van der Waals surface area contributed by atoms with Crippen LogP contribution in [-0.2, 0) is 15.6 Å². The standard InChI is InChI=1S/C28H32AsN2O3S/c1-27(2,3)19-14-17(15-20(25(19)34)28(4,5)6)9-12-24(33)29-21-16-18(10-11-22(21)32)31-26(30)23-8-7-13-35-23/h7-16,32,34H,1-6H3,(H2,30,31). The SMILES string of the molecule is CC(C)(C)c1cc(C=CC(=O)[As]c2cc(N=C(N)c3cccs3)ccc2O)cc(C(C)(C)C)c1O. The van der Waals surface area contributed by atoms with Gasteiger partial charge in [-0.1, -0.05) is 0 Å². The number of thiophene rings is 1. The Kier molecular flexibility index (Phi) is 7.98. The summed E-state index contributed by atoms with van der Waals surface area (Å²) in [6.45, 7) is 12.3. The number of phenolic OH excluding ortho intramolecular Hbond substituents is 2. The van der Waals surface area contributed by atoms with Crippen LogP contribution in [0.1, 0.15) is 63.1 Å². The van der Waals surface area contributed by atoms with Gasteiger partial charge in [0.15, 0.2) is 0 Å². The first-order chi connectivity index (χ1) is 16.3. The zero-order chi connectivity index (χ0) is 26.0. The van der Waals surface area contributed by atoms with Crippen molar-refractivity contribution in [2.45, 2.75) is 52.4 Å². The van der Waals surface area contributed by atoms with Gasteiger partial charge in [0, 0.05) is 0 Å². The van der Waals surface area contributed by atoms with Crippen LogP contribution in [0, 0.1) is 0 Å². The molecule has 0 spiro atoms. The minimum atomic E-state index is -0.972. The number of phenols is 2. The Labute approximate surface area is 218 Å². The van der Waals surface area contributed by atoms with E-state index in [1.165, 1.54) is 11.3 Å². The minimum absolute atomic E-state index is 0.0633. The van der Waals surface area contributed by atoms with Crippen molar-refractivity contribution in [2.24, 2.45) is 10.7 Å². The number of allylic oxidation sites excluding steroid dienone is 1. The third-order valence-corrected chi connectivity index (χ3v) is 8.30. The Morgan fingerprint density at radius 1 is 1.00 bits per heavy atom. The molecule has 1 aromatic heterocycles. The number of rotatable bonds is 6. The van der Waals surface area contributed by atoms with Gasteiger partial charge >= 0.3 is 219 Å². The quantitative estimate of drug-likeness (QED) is 0.166. The van der Waals surface area contributed by atoms with Gasteiger partial charge in [-0.15, -0.1) is 0 Å². The van der Waals surface area contributed by atoms with Crippen LogP contribution in [0.15, 0.2) is 58.9 Å². The van der Waals surface area contributed by atoms with Gasteiger partial charge in [0.2, 0.25) is 0 Å². The molecule has 3 aromatic rings. The van der Waals surface area contributed by atoms with Crippen LogP contribution in [-0.4, -0.2) is 36.4 Å². The van der Waals surface area contributed by atoms with E-state index in [9.17, 15) is 15.0 Å². The molecule has 7 heteroatoms. The summed E-state index contributed by atoms with van der Waals surface area (Å²) >= 11 is 0.528. The fraction of sp³-hybridized carbons (Fsp3) is 0.286. The summed E-state index contributed by atoms with van der Waals surface area (Å²) in [6, 6.07) is 12.6. The van der Waals surface area contributed by atoms with Crippen LogP contribution in [0.5, 0.6) is 11.5 Å². The van der Waals surface area contributed by atoms with E-state index in [-0.39, 0.29) is 21.2 Å². The van der Waals surface area contributed by atoms with E-state index in [0.717, 1.165) is 21.6 Å². The molecule has 0 aliphatic heterocycles. The summed E-state index contributed by atoms with van der Waals surface area (Å²) in [5.74, 6) is 0.787. The molecule has 183 valence electrons. The molecule has 2 aromatic carbocycles. The first-order valence-electron chi connectivity index (χ1n) is 11.3. The Bertz CT molecular complexity index is 1250. The fourth-order valence-corrected chi connectivity index (χ4v) is 5.76. The van der Waals surface area contributed by atoms with Crippen LogP contribution in [0.3, 0.4) is 0 Å². The molecule has 0 fully saturated rings. The molecule has 0 saturated carbocycles. The number of aromatic hydroxyl groups is 2. The number of nitrogens with zero attached hydrogens (tertiary/aromatic N) is 1. The van der Waals surface area contributed by atoms with Crippen LogP contribution >= 0.6 is 11.3 Å². The van der Waals surface area contributed by atoms with Gasteiger partial charge in [-0.25, -0.2) is 0 Å². The summed E-state index contributed by atoms with van der Waals surface area (Å²) in [5, 5.41) is 23.1. The topological polar surface area (TPSA) is 95.9 Å². The maximum atomic E-state index is 12.8. The van der Waals surface area contributed by atoms with Gasteiger partial charge in [-0.05, 0) is 0 Å². The van der Waals surface area contributed by atoms with Gasteiger partial charge in [-0.3, -0.25) is 0 Å².